The van der Waals surface area contributed by atoms with Crippen LogP contribution in [0.1, 0.15) is 20.8 Å². The lowest BCUT2D eigenvalue weighted by atomic mass is 10.2. The van der Waals surface area contributed by atoms with Crippen LogP contribution in [0.2, 0.25) is 10.0 Å². The summed E-state index contributed by atoms with van der Waals surface area (Å²) in [7, 11) is 0. The van der Waals surface area contributed by atoms with Crippen LogP contribution < -0.4 is 10.6 Å². The van der Waals surface area contributed by atoms with Crippen LogP contribution in [0.15, 0.2) is 16.6 Å². The molecule has 1 aromatic rings. The van der Waals surface area contributed by atoms with Gasteiger partial charge in [0.25, 0.3) is 0 Å². The predicted octanol–water partition coefficient (Wildman–Crippen LogP) is 4.08. The lowest BCUT2D eigenvalue weighted by Crippen LogP contribution is -2.41. The topological polar surface area (TPSA) is 41.1 Å². The molecule has 0 bridgehead atoms. The van der Waals surface area contributed by atoms with Gasteiger partial charge in [0.1, 0.15) is 6.04 Å². The fraction of sp³-hybridized carbons (Fsp3) is 0.417. The molecule has 1 aromatic carbocycles. The standard InChI is InChI=1S/C12H15BrCl2N2O/c1-6(2)16-12(18)7(3)17-9-5-4-8(13)10(14)11(9)15/h4-7,17H,1-3H3,(H,16,18). The predicted molar refractivity (Wildman–Crippen MR) is 80.5 cm³/mol. The van der Waals surface area contributed by atoms with Gasteiger partial charge in [0.15, 0.2) is 0 Å². The molecule has 0 saturated heterocycles. The number of rotatable bonds is 4. The van der Waals surface area contributed by atoms with Crippen molar-refractivity contribution in [1.82, 2.24) is 5.32 Å². The van der Waals surface area contributed by atoms with Gasteiger partial charge in [-0.25, -0.2) is 0 Å². The molecule has 0 fully saturated rings. The van der Waals surface area contributed by atoms with Crippen LogP contribution >= 0.6 is 39.1 Å². The van der Waals surface area contributed by atoms with Gasteiger partial charge in [-0.3, -0.25) is 4.79 Å². The molecule has 0 aliphatic rings. The van der Waals surface area contributed by atoms with Crippen molar-refractivity contribution in [2.24, 2.45) is 0 Å². The Labute approximate surface area is 125 Å². The van der Waals surface area contributed by atoms with Crippen molar-refractivity contribution in [2.45, 2.75) is 32.9 Å². The number of hydrogen-bond donors (Lipinski definition) is 2. The number of benzene rings is 1. The molecule has 0 aliphatic carbocycles. The molecule has 6 heteroatoms. The van der Waals surface area contributed by atoms with Crippen molar-refractivity contribution < 1.29 is 4.79 Å². The number of halogens is 3. The third-order valence-corrected chi connectivity index (χ3v) is 4.00. The molecule has 1 amide bonds. The van der Waals surface area contributed by atoms with Crippen LogP contribution in [0.5, 0.6) is 0 Å². The largest absolute Gasteiger partial charge is 0.373 e. The normalized spacial score (nSPS) is 12.4. The van der Waals surface area contributed by atoms with Crippen molar-refractivity contribution in [2.75, 3.05) is 5.32 Å². The summed E-state index contributed by atoms with van der Waals surface area (Å²) in [5, 5.41) is 6.68. The van der Waals surface area contributed by atoms with Gasteiger partial charge in [0.2, 0.25) is 5.91 Å². The van der Waals surface area contributed by atoms with E-state index in [1.807, 2.05) is 13.8 Å². The van der Waals surface area contributed by atoms with Crippen LogP contribution in [-0.4, -0.2) is 18.0 Å². The average Bonchev–Trinajstić information content (AvgIpc) is 2.29. The second kappa shape index (κ2) is 6.64. The Morgan fingerprint density at radius 1 is 1.22 bits per heavy atom. The zero-order valence-corrected chi connectivity index (χ0v) is 13.4. The first-order chi connectivity index (χ1) is 8.32. The smallest absolute Gasteiger partial charge is 0.242 e. The Kier molecular flexibility index (Phi) is 5.76. The fourth-order valence-electron chi connectivity index (χ4n) is 1.35. The second-order valence-electron chi connectivity index (χ2n) is 4.25. The van der Waals surface area contributed by atoms with Gasteiger partial charge in [-0.15, -0.1) is 0 Å². The van der Waals surface area contributed by atoms with Crippen LogP contribution in [0.4, 0.5) is 5.69 Å². The summed E-state index contributed by atoms with van der Waals surface area (Å²) in [4.78, 5) is 11.8. The summed E-state index contributed by atoms with van der Waals surface area (Å²) < 4.78 is 0.721. The van der Waals surface area contributed by atoms with E-state index in [1.165, 1.54) is 0 Å². The second-order valence-corrected chi connectivity index (χ2v) is 5.86. The lowest BCUT2D eigenvalue weighted by Gasteiger charge is -2.18. The molecule has 0 aliphatic heterocycles. The maximum atomic E-state index is 11.8. The van der Waals surface area contributed by atoms with Gasteiger partial charge in [-0.2, -0.15) is 0 Å². The molecule has 18 heavy (non-hydrogen) atoms. The van der Waals surface area contributed by atoms with Gasteiger partial charge in [-0.05, 0) is 48.8 Å². The first-order valence-electron chi connectivity index (χ1n) is 5.53. The third kappa shape index (κ3) is 4.04. The summed E-state index contributed by atoms with van der Waals surface area (Å²) in [5.41, 5.74) is 0.635. The molecule has 1 rings (SSSR count). The minimum absolute atomic E-state index is 0.0832. The molecular weight excluding hydrogens is 339 g/mol. The summed E-state index contributed by atoms with van der Waals surface area (Å²) in [6, 6.07) is 3.27. The highest BCUT2D eigenvalue weighted by Crippen LogP contribution is 2.36. The van der Waals surface area contributed by atoms with Crippen molar-refractivity contribution >= 4 is 50.7 Å². The first-order valence-corrected chi connectivity index (χ1v) is 7.08. The highest BCUT2D eigenvalue weighted by Gasteiger charge is 2.16. The minimum Gasteiger partial charge on any atom is -0.373 e. The minimum atomic E-state index is -0.387. The molecule has 1 atom stereocenters. The molecule has 0 aromatic heterocycles. The van der Waals surface area contributed by atoms with Gasteiger partial charge in [-0.1, -0.05) is 23.2 Å². The Morgan fingerprint density at radius 3 is 2.39 bits per heavy atom. The summed E-state index contributed by atoms with van der Waals surface area (Å²) in [6.45, 7) is 5.59. The Bertz CT molecular complexity index is 452. The van der Waals surface area contributed by atoms with E-state index < -0.39 is 0 Å². The van der Waals surface area contributed by atoms with Crippen molar-refractivity contribution in [3.05, 3.63) is 26.7 Å². The van der Waals surface area contributed by atoms with Crippen LogP contribution in [-0.2, 0) is 4.79 Å². The summed E-state index contributed by atoms with van der Waals surface area (Å²) in [6.07, 6.45) is 0. The van der Waals surface area contributed by atoms with Crippen molar-refractivity contribution in [1.29, 1.82) is 0 Å². The number of carbonyl (C=O) groups excluding carboxylic acids is 1. The summed E-state index contributed by atoms with van der Waals surface area (Å²) >= 11 is 15.4. The van der Waals surface area contributed by atoms with Crippen LogP contribution in [0, 0.1) is 0 Å². The van der Waals surface area contributed by atoms with E-state index in [4.69, 9.17) is 23.2 Å². The Morgan fingerprint density at radius 2 is 1.83 bits per heavy atom. The van der Waals surface area contributed by atoms with Crippen LogP contribution in [0.25, 0.3) is 0 Å². The van der Waals surface area contributed by atoms with E-state index in [-0.39, 0.29) is 18.0 Å². The van der Waals surface area contributed by atoms with Crippen molar-refractivity contribution in [3.8, 4) is 0 Å². The summed E-state index contributed by atoms with van der Waals surface area (Å²) in [5.74, 6) is -0.0832. The number of anilines is 1. The van der Waals surface area contributed by atoms with Gasteiger partial charge >= 0.3 is 0 Å². The molecule has 2 N–H and O–H groups in total. The van der Waals surface area contributed by atoms with Gasteiger partial charge in [0, 0.05) is 10.5 Å². The highest BCUT2D eigenvalue weighted by atomic mass is 79.9. The van der Waals surface area contributed by atoms with E-state index in [1.54, 1.807) is 19.1 Å². The number of amides is 1. The molecule has 100 valence electrons. The van der Waals surface area contributed by atoms with Gasteiger partial charge in [0.05, 0.1) is 15.7 Å². The Balaban J connectivity index is 2.79. The number of hydrogen-bond acceptors (Lipinski definition) is 2. The van der Waals surface area contributed by atoms with E-state index in [0.717, 1.165) is 4.47 Å². The molecule has 0 spiro atoms. The number of nitrogens with one attached hydrogen (secondary N) is 2. The van der Waals surface area contributed by atoms with E-state index in [9.17, 15) is 4.79 Å². The molecule has 0 radical (unpaired) electrons. The zero-order valence-electron chi connectivity index (χ0n) is 10.4. The molecular formula is C12H15BrCl2N2O. The van der Waals surface area contributed by atoms with E-state index >= 15 is 0 Å². The number of carbonyl (C=O) groups is 1. The fourth-order valence-corrected chi connectivity index (χ4v) is 2.17. The Hall–Kier alpha value is -0.450. The SMILES string of the molecule is CC(C)NC(=O)C(C)Nc1ccc(Br)c(Cl)c1Cl. The lowest BCUT2D eigenvalue weighted by molar-refractivity contribution is -0.122. The first kappa shape index (κ1) is 15.6. The highest BCUT2D eigenvalue weighted by molar-refractivity contribution is 9.10. The van der Waals surface area contributed by atoms with E-state index in [2.05, 4.69) is 26.6 Å². The average molecular weight is 354 g/mol. The molecule has 0 saturated carbocycles. The maximum Gasteiger partial charge on any atom is 0.242 e. The molecule has 0 heterocycles. The van der Waals surface area contributed by atoms with Crippen molar-refractivity contribution in [3.63, 3.8) is 0 Å². The molecule has 1 unspecified atom stereocenters. The third-order valence-electron chi connectivity index (χ3n) is 2.23. The van der Waals surface area contributed by atoms with Crippen LogP contribution in [0.3, 0.4) is 0 Å². The molecule has 3 nitrogen and oxygen atoms in total. The monoisotopic (exact) mass is 352 g/mol. The quantitative estimate of drug-likeness (QED) is 0.800. The van der Waals surface area contributed by atoms with E-state index in [0.29, 0.717) is 15.7 Å². The zero-order chi connectivity index (χ0) is 13.9. The maximum absolute atomic E-state index is 11.8. The van der Waals surface area contributed by atoms with Gasteiger partial charge < -0.3 is 10.6 Å².